The molecule has 0 bridgehead atoms. The molecule has 1 amide bonds. The molecule has 1 saturated carbocycles. The van der Waals surface area contributed by atoms with Crippen molar-refractivity contribution in [3.8, 4) is 27.8 Å². The van der Waals surface area contributed by atoms with Crippen LogP contribution >= 0.6 is 11.3 Å². The number of ether oxygens (including phenoxy) is 1. The van der Waals surface area contributed by atoms with Crippen molar-refractivity contribution in [2.75, 3.05) is 12.4 Å². The van der Waals surface area contributed by atoms with Crippen LogP contribution in [0, 0.1) is 0 Å². The van der Waals surface area contributed by atoms with Crippen LogP contribution in [0.2, 0.25) is 0 Å². The van der Waals surface area contributed by atoms with E-state index < -0.39 is 0 Å². The van der Waals surface area contributed by atoms with Crippen molar-refractivity contribution in [3.63, 3.8) is 0 Å². The molecule has 9 heteroatoms. The Morgan fingerprint density at radius 2 is 2.13 bits per heavy atom. The molecule has 1 aliphatic rings. The molecule has 0 spiro atoms. The van der Waals surface area contributed by atoms with Gasteiger partial charge >= 0.3 is 0 Å². The van der Waals surface area contributed by atoms with E-state index in [-0.39, 0.29) is 5.91 Å². The summed E-state index contributed by atoms with van der Waals surface area (Å²) in [7, 11) is 3.35. The van der Waals surface area contributed by atoms with Gasteiger partial charge in [0.1, 0.15) is 16.3 Å². The van der Waals surface area contributed by atoms with Gasteiger partial charge in [0.25, 0.3) is 11.8 Å². The quantitative estimate of drug-likeness (QED) is 0.498. The Hall–Kier alpha value is -3.46. The number of carbonyl (C=O) groups is 1. The molecule has 0 unspecified atom stereocenters. The molecule has 8 nitrogen and oxygen atoms in total. The van der Waals surface area contributed by atoms with Gasteiger partial charge in [-0.05, 0) is 42.5 Å². The minimum atomic E-state index is -0.271. The van der Waals surface area contributed by atoms with E-state index in [9.17, 15) is 4.79 Å². The van der Waals surface area contributed by atoms with Crippen LogP contribution in [0.25, 0.3) is 22.0 Å². The minimum Gasteiger partial charge on any atom is -0.496 e. The second kappa shape index (κ2) is 7.42. The lowest BCUT2D eigenvalue weighted by Crippen LogP contribution is -2.16. The zero-order chi connectivity index (χ0) is 20.7. The average molecular weight is 421 g/mol. The number of aromatic nitrogens is 4. The number of nitrogens with zero attached hydrogens (tertiary/aromatic N) is 4. The number of amides is 1. The molecular weight excluding hydrogens is 402 g/mol. The summed E-state index contributed by atoms with van der Waals surface area (Å²) in [5, 5.41) is 13.4. The van der Waals surface area contributed by atoms with Gasteiger partial charge in [-0.25, -0.2) is 0 Å². The van der Waals surface area contributed by atoms with Crippen molar-refractivity contribution in [3.05, 3.63) is 53.3 Å². The first-order chi connectivity index (χ1) is 14.6. The molecule has 30 heavy (non-hydrogen) atoms. The maximum absolute atomic E-state index is 13.0. The SMILES string of the molecule is COc1ccccc1-c1cc(C(=O)Nc2ccsc2-c2nc(C3CC3)no2)n(C)n1. The summed E-state index contributed by atoms with van der Waals surface area (Å²) >= 11 is 1.45. The second-order valence-corrected chi connectivity index (χ2v) is 8.00. The lowest BCUT2D eigenvalue weighted by atomic mass is 10.1. The topological polar surface area (TPSA) is 95.1 Å². The number of methoxy groups -OCH3 is 1. The number of hydrogen-bond donors (Lipinski definition) is 1. The predicted octanol–water partition coefficient (Wildman–Crippen LogP) is 4.34. The molecule has 1 fully saturated rings. The summed E-state index contributed by atoms with van der Waals surface area (Å²) in [5.74, 6) is 2.01. The van der Waals surface area contributed by atoms with Crippen LogP contribution in [0.5, 0.6) is 5.75 Å². The molecule has 1 N–H and O–H groups in total. The van der Waals surface area contributed by atoms with Gasteiger partial charge in [-0.2, -0.15) is 10.1 Å². The van der Waals surface area contributed by atoms with Gasteiger partial charge in [-0.3, -0.25) is 9.48 Å². The lowest BCUT2D eigenvalue weighted by molar-refractivity contribution is 0.101. The fourth-order valence-corrected chi connectivity index (χ4v) is 4.03. The van der Waals surface area contributed by atoms with E-state index in [0.717, 1.165) is 29.1 Å². The Balaban J connectivity index is 1.40. The van der Waals surface area contributed by atoms with E-state index in [1.807, 2.05) is 35.7 Å². The van der Waals surface area contributed by atoms with Crippen LogP contribution < -0.4 is 10.1 Å². The molecule has 1 aromatic carbocycles. The fraction of sp³-hybridized carbons (Fsp3) is 0.238. The molecule has 1 aliphatic carbocycles. The summed E-state index contributed by atoms with van der Waals surface area (Å²) in [6, 6.07) is 11.1. The first kappa shape index (κ1) is 18.6. The summed E-state index contributed by atoms with van der Waals surface area (Å²) in [6.07, 6.45) is 2.20. The summed E-state index contributed by atoms with van der Waals surface area (Å²) < 4.78 is 12.4. The normalized spacial score (nSPS) is 13.4. The molecule has 4 aromatic rings. The number of carbonyl (C=O) groups excluding carboxylic acids is 1. The predicted molar refractivity (Wildman–Crippen MR) is 113 cm³/mol. The molecular formula is C21H19N5O3S. The molecule has 0 saturated heterocycles. The Morgan fingerprint density at radius 3 is 2.93 bits per heavy atom. The van der Waals surface area contributed by atoms with Crippen LogP contribution in [0.3, 0.4) is 0 Å². The number of benzene rings is 1. The maximum Gasteiger partial charge on any atom is 0.273 e. The van der Waals surface area contributed by atoms with E-state index in [2.05, 4.69) is 20.6 Å². The van der Waals surface area contributed by atoms with Crippen LogP contribution in [-0.4, -0.2) is 32.9 Å². The Bertz CT molecular complexity index is 1220. The monoisotopic (exact) mass is 421 g/mol. The van der Waals surface area contributed by atoms with E-state index in [1.165, 1.54) is 11.3 Å². The number of thiophene rings is 1. The first-order valence-electron chi connectivity index (χ1n) is 9.54. The second-order valence-electron chi connectivity index (χ2n) is 7.09. The third-order valence-electron chi connectivity index (χ3n) is 4.99. The first-order valence-corrected chi connectivity index (χ1v) is 10.4. The summed E-state index contributed by atoms with van der Waals surface area (Å²) in [6.45, 7) is 0. The molecule has 5 rings (SSSR count). The molecule has 152 valence electrons. The van der Waals surface area contributed by atoms with Crippen molar-refractivity contribution in [1.82, 2.24) is 19.9 Å². The van der Waals surface area contributed by atoms with Gasteiger partial charge in [0, 0.05) is 18.5 Å². The zero-order valence-corrected chi connectivity index (χ0v) is 17.3. The Labute approximate surface area is 176 Å². The van der Waals surface area contributed by atoms with Crippen LogP contribution in [0.15, 0.2) is 46.3 Å². The third kappa shape index (κ3) is 3.37. The van der Waals surface area contributed by atoms with Gasteiger partial charge in [0.05, 0.1) is 18.5 Å². The van der Waals surface area contributed by atoms with Gasteiger partial charge in [0.15, 0.2) is 5.82 Å². The van der Waals surface area contributed by atoms with Crippen molar-refractivity contribution in [2.45, 2.75) is 18.8 Å². The summed E-state index contributed by atoms with van der Waals surface area (Å²) in [5.41, 5.74) is 2.55. The number of aryl methyl sites for hydroxylation is 1. The summed E-state index contributed by atoms with van der Waals surface area (Å²) in [4.78, 5) is 18.2. The highest BCUT2D eigenvalue weighted by Crippen LogP contribution is 2.40. The smallest absolute Gasteiger partial charge is 0.273 e. The van der Waals surface area contributed by atoms with E-state index in [1.54, 1.807) is 24.9 Å². The maximum atomic E-state index is 13.0. The number of anilines is 1. The highest BCUT2D eigenvalue weighted by molar-refractivity contribution is 7.14. The molecule has 0 atom stereocenters. The lowest BCUT2D eigenvalue weighted by Gasteiger charge is -2.04. The van der Waals surface area contributed by atoms with Crippen LogP contribution in [0.4, 0.5) is 5.69 Å². The van der Waals surface area contributed by atoms with E-state index in [0.29, 0.717) is 34.6 Å². The van der Waals surface area contributed by atoms with Crippen LogP contribution in [-0.2, 0) is 7.05 Å². The standard InChI is InChI=1S/C21H19N5O3S/c1-26-16(11-15(24-26)13-5-3-4-6-17(13)28-2)20(27)22-14-9-10-30-18(14)21-23-19(25-29-21)12-7-8-12/h3-6,9-12H,7-8H2,1-2H3,(H,22,27). The van der Waals surface area contributed by atoms with Gasteiger partial charge < -0.3 is 14.6 Å². The largest absolute Gasteiger partial charge is 0.496 e. The van der Waals surface area contributed by atoms with Gasteiger partial charge in [0.2, 0.25) is 0 Å². The fourth-order valence-electron chi connectivity index (χ4n) is 3.26. The highest BCUT2D eigenvalue weighted by atomic mass is 32.1. The van der Waals surface area contributed by atoms with Crippen molar-refractivity contribution >= 4 is 22.9 Å². The Kier molecular flexibility index (Phi) is 4.59. The number of nitrogens with one attached hydrogen (secondary N) is 1. The Morgan fingerprint density at radius 1 is 1.30 bits per heavy atom. The van der Waals surface area contributed by atoms with Crippen molar-refractivity contribution in [2.24, 2.45) is 7.05 Å². The molecule has 0 aliphatic heterocycles. The van der Waals surface area contributed by atoms with Gasteiger partial charge in [-0.1, -0.05) is 17.3 Å². The van der Waals surface area contributed by atoms with E-state index in [4.69, 9.17) is 9.26 Å². The number of rotatable bonds is 6. The average Bonchev–Trinajstić information content (AvgIpc) is 3.14. The highest BCUT2D eigenvalue weighted by Gasteiger charge is 2.29. The van der Waals surface area contributed by atoms with Crippen molar-refractivity contribution in [1.29, 1.82) is 0 Å². The van der Waals surface area contributed by atoms with E-state index >= 15 is 0 Å². The number of para-hydroxylation sites is 1. The zero-order valence-electron chi connectivity index (χ0n) is 16.5. The molecule has 0 radical (unpaired) electrons. The number of hydrogen-bond acceptors (Lipinski definition) is 7. The van der Waals surface area contributed by atoms with Crippen LogP contribution in [0.1, 0.15) is 35.1 Å². The molecule has 3 heterocycles. The minimum absolute atomic E-state index is 0.271. The van der Waals surface area contributed by atoms with Gasteiger partial charge in [-0.15, -0.1) is 11.3 Å². The van der Waals surface area contributed by atoms with Crippen molar-refractivity contribution < 1.29 is 14.1 Å². The molecule has 3 aromatic heterocycles. The third-order valence-corrected chi connectivity index (χ3v) is 5.89.